The smallest absolute Gasteiger partial charge is 0.0626 e. The molecular formula is C10H19NO. The van der Waals surface area contributed by atoms with Crippen molar-refractivity contribution in [2.75, 3.05) is 20.1 Å². The standard InChI is InChI=1S/C10H19NO/c1-10(12)4-8-3-9(5-10)7-11(2)6-8/h8-9,12H,3-7H2,1-2H3. The lowest BCUT2D eigenvalue weighted by Gasteiger charge is -2.45. The van der Waals surface area contributed by atoms with Gasteiger partial charge in [-0.25, -0.2) is 0 Å². The molecule has 2 bridgehead atoms. The van der Waals surface area contributed by atoms with Crippen LogP contribution in [-0.2, 0) is 0 Å². The molecule has 2 aliphatic rings. The number of hydrogen-bond donors (Lipinski definition) is 1. The molecule has 1 aliphatic heterocycles. The second-order valence-corrected chi connectivity index (χ2v) is 5.09. The maximum Gasteiger partial charge on any atom is 0.0626 e. The lowest BCUT2D eigenvalue weighted by molar-refractivity contribution is -0.0521. The Kier molecular flexibility index (Phi) is 1.92. The van der Waals surface area contributed by atoms with Gasteiger partial charge < -0.3 is 10.0 Å². The lowest BCUT2D eigenvalue weighted by atomic mass is 9.71. The van der Waals surface area contributed by atoms with E-state index in [-0.39, 0.29) is 5.60 Å². The van der Waals surface area contributed by atoms with Crippen molar-refractivity contribution in [3.05, 3.63) is 0 Å². The Morgan fingerprint density at radius 3 is 2.25 bits per heavy atom. The molecule has 2 heteroatoms. The minimum atomic E-state index is -0.366. The van der Waals surface area contributed by atoms with Crippen molar-refractivity contribution < 1.29 is 5.11 Å². The van der Waals surface area contributed by atoms with Crippen molar-refractivity contribution in [2.45, 2.75) is 31.8 Å². The van der Waals surface area contributed by atoms with Gasteiger partial charge in [-0.1, -0.05) is 0 Å². The van der Waals surface area contributed by atoms with Crippen molar-refractivity contribution in [3.8, 4) is 0 Å². The number of rotatable bonds is 0. The van der Waals surface area contributed by atoms with Gasteiger partial charge in [0.1, 0.15) is 0 Å². The molecule has 1 saturated carbocycles. The molecule has 2 atom stereocenters. The van der Waals surface area contributed by atoms with E-state index < -0.39 is 0 Å². The minimum absolute atomic E-state index is 0.366. The van der Waals surface area contributed by atoms with Gasteiger partial charge >= 0.3 is 0 Å². The topological polar surface area (TPSA) is 23.5 Å². The first-order valence-corrected chi connectivity index (χ1v) is 4.96. The predicted molar refractivity (Wildman–Crippen MR) is 49.0 cm³/mol. The fourth-order valence-corrected chi connectivity index (χ4v) is 3.20. The second kappa shape index (κ2) is 2.71. The summed E-state index contributed by atoms with van der Waals surface area (Å²) in [5, 5.41) is 9.95. The molecule has 0 aromatic rings. The molecule has 2 nitrogen and oxygen atoms in total. The van der Waals surface area contributed by atoms with Crippen LogP contribution in [0.4, 0.5) is 0 Å². The maximum atomic E-state index is 9.95. The Bertz CT molecular complexity index is 159. The largest absolute Gasteiger partial charge is 0.390 e. The average molecular weight is 169 g/mol. The molecular weight excluding hydrogens is 150 g/mol. The molecule has 12 heavy (non-hydrogen) atoms. The predicted octanol–water partition coefficient (Wildman–Crippen LogP) is 1.10. The molecule has 1 aliphatic carbocycles. The lowest BCUT2D eigenvalue weighted by Crippen LogP contribution is -2.48. The van der Waals surface area contributed by atoms with E-state index in [2.05, 4.69) is 11.9 Å². The van der Waals surface area contributed by atoms with E-state index in [1.54, 1.807) is 0 Å². The van der Waals surface area contributed by atoms with Gasteiger partial charge in [0, 0.05) is 13.1 Å². The molecule has 0 spiro atoms. The average Bonchev–Trinajstić information content (AvgIpc) is 1.78. The van der Waals surface area contributed by atoms with Gasteiger partial charge in [-0.2, -0.15) is 0 Å². The summed E-state index contributed by atoms with van der Waals surface area (Å²) in [6.45, 7) is 4.37. The molecule has 0 radical (unpaired) electrons. The van der Waals surface area contributed by atoms with Crippen molar-refractivity contribution in [1.29, 1.82) is 0 Å². The Balaban J connectivity index is 2.06. The summed E-state index contributed by atoms with van der Waals surface area (Å²) in [4.78, 5) is 2.41. The summed E-state index contributed by atoms with van der Waals surface area (Å²) < 4.78 is 0. The van der Waals surface area contributed by atoms with Gasteiger partial charge in [-0.3, -0.25) is 0 Å². The highest BCUT2D eigenvalue weighted by Gasteiger charge is 2.39. The van der Waals surface area contributed by atoms with Gasteiger partial charge in [0.15, 0.2) is 0 Å². The van der Waals surface area contributed by atoms with Gasteiger partial charge in [-0.15, -0.1) is 0 Å². The number of hydrogen-bond acceptors (Lipinski definition) is 2. The fraction of sp³-hybridized carbons (Fsp3) is 1.00. The first-order chi connectivity index (χ1) is 5.55. The van der Waals surface area contributed by atoms with Crippen molar-refractivity contribution >= 4 is 0 Å². The van der Waals surface area contributed by atoms with Crippen molar-refractivity contribution in [3.63, 3.8) is 0 Å². The van der Waals surface area contributed by atoms with Gasteiger partial charge in [0.2, 0.25) is 0 Å². The van der Waals surface area contributed by atoms with Crippen molar-refractivity contribution in [1.82, 2.24) is 4.90 Å². The molecule has 1 N–H and O–H groups in total. The molecule has 70 valence electrons. The number of piperidine rings is 1. The normalized spacial score (nSPS) is 49.2. The minimum Gasteiger partial charge on any atom is -0.390 e. The highest BCUT2D eigenvalue weighted by Crippen LogP contribution is 2.39. The number of aliphatic hydroxyl groups is 1. The zero-order valence-corrected chi connectivity index (χ0v) is 8.08. The zero-order valence-electron chi connectivity index (χ0n) is 8.08. The number of fused-ring (bicyclic) bond motifs is 2. The molecule has 1 heterocycles. The molecule has 2 fully saturated rings. The van der Waals surface area contributed by atoms with Crippen LogP contribution in [0, 0.1) is 11.8 Å². The van der Waals surface area contributed by atoms with E-state index in [9.17, 15) is 5.11 Å². The Morgan fingerprint density at radius 1 is 1.25 bits per heavy atom. The SMILES string of the molecule is CN1CC2CC(C1)CC(C)(O)C2. The summed E-state index contributed by atoms with van der Waals surface area (Å²) in [6, 6.07) is 0. The van der Waals surface area contributed by atoms with Crippen LogP contribution in [0.25, 0.3) is 0 Å². The third kappa shape index (κ3) is 1.64. The van der Waals surface area contributed by atoms with Crippen LogP contribution in [0.5, 0.6) is 0 Å². The maximum absolute atomic E-state index is 9.95. The van der Waals surface area contributed by atoms with Gasteiger partial charge in [-0.05, 0) is 45.1 Å². The Morgan fingerprint density at radius 2 is 1.75 bits per heavy atom. The molecule has 0 aromatic heterocycles. The van der Waals surface area contributed by atoms with Crippen LogP contribution in [0.2, 0.25) is 0 Å². The zero-order chi connectivity index (χ0) is 8.77. The van der Waals surface area contributed by atoms with Crippen molar-refractivity contribution in [2.24, 2.45) is 11.8 Å². The summed E-state index contributed by atoms with van der Waals surface area (Å²) in [6.07, 6.45) is 3.36. The van der Waals surface area contributed by atoms with E-state index in [4.69, 9.17) is 0 Å². The first-order valence-electron chi connectivity index (χ1n) is 4.96. The van der Waals surface area contributed by atoms with Crippen LogP contribution in [0.3, 0.4) is 0 Å². The number of likely N-dealkylation sites (tertiary alicyclic amines) is 1. The van der Waals surface area contributed by atoms with Crippen LogP contribution in [0.1, 0.15) is 26.2 Å². The summed E-state index contributed by atoms with van der Waals surface area (Å²) in [5.74, 6) is 1.50. The highest BCUT2D eigenvalue weighted by molar-refractivity contribution is 4.91. The third-order valence-electron chi connectivity index (χ3n) is 3.26. The summed E-state index contributed by atoms with van der Waals surface area (Å²) in [5.41, 5.74) is -0.366. The molecule has 0 aromatic carbocycles. The molecule has 2 unspecified atom stereocenters. The van der Waals surface area contributed by atoms with E-state index in [1.165, 1.54) is 19.5 Å². The third-order valence-corrected chi connectivity index (χ3v) is 3.26. The van der Waals surface area contributed by atoms with Crippen LogP contribution in [-0.4, -0.2) is 35.7 Å². The highest BCUT2D eigenvalue weighted by atomic mass is 16.3. The van der Waals surface area contributed by atoms with Crippen LogP contribution < -0.4 is 0 Å². The van der Waals surface area contributed by atoms with E-state index >= 15 is 0 Å². The monoisotopic (exact) mass is 169 g/mol. The number of nitrogens with zero attached hydrogens (tertiary/aromatic N) is 1. The van der Waals surface area contributed by atoms with Gasteiger partial charge in [0.25, 0.3) is 0 Å². The Labute approximate surface area is 74.6 Å². The summed E-state index contributed by atoms with van der Waals surface area (Å²) in [7, 11) is 2.19. The van der Waals surface area contributed by atoms with Crippen LogP contribution in [0.15, 0.2) is 0 Å². The van der Waals surface area contributed by atoms with E-state index in [1.807, 2.05) is 6.92 Å². The van der Waals surface area contributed by atoms with Gasteiger partial charge in [0.05, 0.1) is 5.60 Å². The van der Waals surface area contributed by atoms with E-state index in [0.29, 0.717) is 0 Å². The first kappa shape index (κ1) is 8.52. The fourth-order valence-electron chi connectivity index (χ4n) is 3.20. The molecule has 0 amide bonds. The molecule has 1 saturated heterocycles. The quantitative estimate of drug-likeness (QED) is 0.587. The summed E-state index contributed by atoms with van der Waals surface area (Å²) >= 11 is 0. The van der Waals surface area contributed by atoms with Crippen LogP contribution >= 0.6 is 0 Å². The second-order valence-electron chi connectivity index (χ2n) is 5.09. The van der Waals surface area contributed by atoms with E-state index in [0.717, 1.165) is 24.7 Å². The Hall–Kier alpha value is -0.0800. The molecule has 2 rings (SSSR count).